The van der Waals surface area contributed by atoms with E-state index in [1.54, 1.807) is 0 Å². The largest absolute Gasteiger partial charge is 0.226 e. The van der Waals surface area contributed by atoms with E-state index in [1.165, 1.54) is 27.8 Å². The van der Waals surface area contributed by atoms with Crippen LogP contribution in [0.4, 0.5) is 4.20 Å². The Hall–Kier alpha value is -1.55. The van der Waals surface area contributed by atoms with Gasteiger partial charge in [-0.25, -0.2) is 4.20 Å². The minimum Gasteiger partial charge on any atom is -0.226 e. The fourth-order valence-electron chi connectivity index (χ4n) is 5.13. The SMILES string of the molecule is Cc1ccc(C(=C2C=CC(C)(P(F)C([Si](C)(C)C)[Si](C)(C)C)C=C2)c2ccc(C)cc2)cc1. The highest BCUT2D eigenvalue weighted by Gasteiger charge is 2.49. The van der Waals surface area contributed by atoms with Crippen molar-refractivity contribution in [3.8, 4) is 0 Å². The van der Waals surface area contributed by atoms with Gasteiger partial charge in [0.25, 0.3) is 0 Å². The van der Waals surface area contributed by atoms with Gasteiger partial charge in [-0.3, -0.25) is 0 Å². The molecule has 1 atom stereocenters. The molecule has 176 valence electrons. The Bertz CT molecular complexity index is 987. The van der Waals surface area contributed by atoms with Crippen LogP contribution < -0.4 is 0 Å². The third kappa shape index (κ3) is 5.94. The lowest BCUT2D eigenvalue weighted by Gasteiger charge is -2.45. The van der Waals surface area contributed by atoms with Crippen molar-refractivity contribution in [1.29, 1.82) is 0 Å². The molecule has 0 radical (unpaired) electrons. The molecule has 4 heteroatoms. The quantitative estimate of drug-likeness (QED) is 0.277. The van der Waals surface area contributed by atoms with Crippen LogP contribution in [0.15, 0.2) is 78.4 Å². The monoisotopic (exact) mass is 494 g/mol. The summed E-state index contributed by atoms with van der Waals surface area (Å²) in [6.45, 7) is 20.4. The van der Waals surface area contributed by atoms with E-state index in [0.29, 0.717) is 0 Å². The molecule has 33 heavy (non-hydrogen) atoms. The van der Waals surface area contributed by atoms with E-state index in [0.717, 1.165) is 5.57 Å². The van der Waals surface area contributed by atoms with E-state index in [4.69, 9.17) is 0 Å². The van der Waals surface area contributed by atoms with Crippen molar-refractivity contribution in [3.05, 3.63) is 101 Å². The van der Waals surface area contributed by atoms with E-state index < -0.39 is 29.5 Å². The molecule has 0 saturated carbocycles. The lowest BCUT2D eigenvalue weighted by atomic mass is 9.89. The van der Waals surface area contributed by atoms with Crippen LogP contribution in [-0.2, 0) is 0 Å². The Balaban J connectivity index is 2.07. The summed E-state index contributed by atoms with van der Waals surface area (Å²) < 4.78 is 16.4. The Morgan fingerprint density at radius 1 is 0.727 bits per heavy atom. The Kier molecular flexibility index (Phi) is 7.58. The first-order valence-electron chi connectivity index (χ1n) is 11.9. The minimum atomic E-state index is -1.65. The van der Waals surface area contributed by atoms with Crippen molar-refractivity contribution in [2.75, 3.05) is 0 Å². The highest BCUT2D eigenvalue weighted by Crippen LogP contribution is 2.62. The first-order chi connectivity index (χ1) is 15.2. The van der Waals surface area contributed by atoms with Crippen LogP contribution in [0.25, 0.3) is 5.57 Å². The van der Waals surface area contributed by atoms with E-state index in [2.05, 4.69) is 133 Å². The third-order valence-electron chi connectivity index (χ3n) is 6.50. The predicted octanol–water partition coefficient (Wildman–Crippen LogP) is 9.48. The summed E-state index contributed by atoms with van der Waals surface area (Å²) in [5.41, 5.74) is 7.26. The van der Waals surface area contributed by atoms with Crippen LogP contribution in [-0.4, -0.2) is 26.2 Å². The van der Waals surface area contributed by atoms with Crippen molar-refractivity contribution in [3.63, 3.8) is 0 Å². The molecule has 0 saturated heterocycles. The number of hydrogen-bond donors (Lipinski definition) is 0. The van der Waals surface area contributed by atoms with Crippen molar-refractivity contribution in [2.45, 2.75) is 70.1 Å². The first-order valence-corrected chi connectivity index (χ1v) is 20.4. The van der Waals surface area contributed by atoms with Gasteiger partial charge < -0.3 is 0 Å². The van der Waals surface area contributed by atoms with Crippen LogP contribution in [0.1, 0.15) is 29.2 Å². The molecule has 0 heterocycles. The van der Waals surface area contributed by atoms with Gasteiger partial charge in [-0.2, -0.15) is 0 Å². The molecule has 0 N–H and O–H groups in total. The van der Waals surface area contributed by atoms with Crippen LogP contribution in [0.3, 0.4) is 0 Å². The number of benzene rings is 2. The molecule has 0 fully saturated rings. The van der Waals surface area contributed by atoms with Gasteiger partial charge in [0.15, 0.2) is 0 Å². The molecule has 2 aromatic carbocycles. The van der Waals surface area contributed by atoms with Crippen molar-refractivity contribution in [2.24, 2.45) is 0 Å². The van der Waals surface area contributed by atoms with Gasteiger partial charge in [0, 0.05) is 0 Å². The van der Waals surface area contributed by atoms with Gasteiger partial charge in [0.05, 0.1) is 29.5 Å². The maximum Gasteiger partial charge on any atom is 0.0928 e. The number of aryl methyl sites for hydroxylation is 2. The molecule has 0 nitrogen and oxygen atoms in total. The lowest BCUT2D eigenvalue weighted by molar-refractivity contribution is 0.813. The van der Waals surface area contributed by atoms with Gasteiger partial charge in [-0.15, -0.1) is 0 Å². The summed E-state index contributed by atoms with van der Waals surface area (Å²) in [6, 6.07) is 17.4. The maximum atomic E-state index is 16.4. The van der Waals surface area contributed by atoms with Crippen LogP contribution in [0, 0.1) is 13.8 Å². The number of hydrogen-bond acceptors (Lipinski definition) is 0. The fourth-order valence-corrected chi connectivity index (χ4v) is 23.6. The highest BCUT2D eigenvalue weighted by atomic mass is 31.2. The molecule has 0 amide bonds. The lowest BCUT2D eigenvalue weighted by Crippen LogP contribution is -2.54. The zero-order valence-electron chi connectivity index (χ0n) is 21.8. The normalized spacial score (nSPS) is 19.8. The third-order valence-corrected chi connectivity index (χ3v) is 22.7. The maximum absolute atomic E-state index is 16.4. The van der Waals surface area contributed by atoms with Crippen LogP contribution in [0.2, 0.25) is 39.3 Å². The molecule has 0 aromatic heterocycles. The zero-order valence-corrected chi connectivity index (χ0v) is 24.7. The highest BCUT2D eigenvalue weighted by molar-refractivity contribution is 7.62. The molecule has 2 aromatic rings. The summed E-state index contributed by atoms with van der Waals surface area (Å²) in [7, 11) is -4.92. The fraction of sp³-hybridized carbons (Fsp3) is 0.379. The molecular weight excluding hydrogens is 454 g/mol. The molecule has 1 unspecified atom stereocenters. The Morgan fingerprint density at radius 3 is 1.42 bits per heavy atom. The number of rotatable bonds is 6. The van der Waals surface area contributed by atoms with Crippen LogP contribution >= 0.6 is 8.23 Å². The molecule has 3 rings (SSSR count). The molecule has 0 spiro atoms. The second-order valence-corrected chi connectivity index (χ2v) is 26.2. The zero-order chi connectivity index (χ0) is 24.6. The second kappa shape index (κ2) is 9.60. The van der Waals surface area contributed by atoms with Crippen molar-refractivity contribution in [1.82, 2.24) is 0 Å². The van der Waals surface area contributed by atoms with E-state index in [1.807, 2.05) is 0 Å². The summed E-state index contributed by atoms with van der Waals surface area (Å²) in [5.74, 6) is 0. The van der Waals surface area contributed by atoms with Crippen LogP contribution in [0.5, 0.6) is 0 Å². The van der Waals surface area contributed by atoms with E-state index in [9.17, 15) is 0 Å². The summed E-state index contributed by atoms with van der Waals surface area (Å²) in [5, 5.41) is -0.504. The summed E-state index contributed by atoms with van der Waals surface area (Å²) in [6.07, 6.45) is 8.66. The molecule has 0 bridgehead atoms. The average Bonchev–Trinajstić information content (AvgIpc) is 2.70. The van der Waals surface area contributed by atoms with Gasteiger partial charge in [0.2, 0.25) is 0 Å². The van der Waals surface area contributed by atoms with Crippen molar-refractivity contribution >= 4 is 30.0 Å². The molecular formula is C29H40FPSi2. The smallest absolute Gasteiger partial charge is 0.0928 e. The summed E-state index contributed by atoms with van der Waals surface area (Å²) in [4.78, 5) is 0.262. The number of halogens is 1. The van der Waals surface area contributed by atoms with Gasteiger partial charge in [-0.1, -0.05) is 123 Å². The van der Waals surface area contributed by atoms with Gasteiger partial charge in [0.1, 0.15) is 0 Å². The van der Waals surface area contributed by atoms with E-state index in [-0.39, 0.29) is 4.91 Å². The predicted molar refractivity (Wildman–Crippen MR) is 154 cm³/mol. The topological polar surface area (TPSA) is 0 Å². The van der Waals surface area contributed by atoms with Gasteiger partial charge in [-0.05, 0) is 47.9 Å². The molecule has 1 aliphatic rings. The molecule has 0 aliphatic heterocycles. The molecule has 1 aliphatic carbocycles. The Morgan fingerprint density at radius 2 is 1.09 bits per heavy atom. The number of allylic oxidation sites excluding steroid dienone is 5. The summed E-state index contributed by atoms with van der Waals surface area (Å²) >= 11 is 0. The van der Waals surface area contributed by atoms with E-state index >= 15 is 4.20 Å². The minimum absolute atomic E-state index is 0.262. The standard InChI is InChI=1S/C29H40FPSi2/c1-22-10-14-24(15-11-22)27(25-16-12-23(2)13-17-25)26-18-20-29(3,21-19-26)31(30)28(32(4,5)6)33(7,8)9/h10-21,28H,1-9H3. The second-order valence-electron chi connectivity index (χ2n) is 11.9. The first kappa shape index (κ1) is 26.1. The van der Waals surface area contributed by atoms with Crippen molar-refractivity contribution < 1.29 is 4.20 Å². The Labute approximate surface area is 204 Å². The van der Waals surface area contributed by atoms with Gasteiger partial charge >= 0.3 is 0 Å². The average molecular weight is 495 g/mol.